The second kappa shape index (κ2) is 7.13. The molecule has 18 heavy (non-hydrogen) atoms. The Morgan fingerprint density at radius 3 is 2.11 bits per heavy atom. The molecule has 0 unspecified atom stereocenters. The first kappa shape index (κ1) is 17.4. The third kappa shape index (κ3) is 7.70. The third-order valence-corrected chi connectivity index (χ3v) is 2.93. The van der Waals surface area contributed by atoms with Gasteiger partial charge < -0.3 is 10.1 Å². The van der Waals surface area contributed by atoms with E-state index >= 15 is 0 Å². The van der Waals surface area contributed by atoms with Crippen LogP contribution < -0.4 is 5.32 Å². The number of nitrogens with one attached hydrogen (secondary N) is 1. The highest BCUT2D eigenvalue weighted by Gasteiger charge is 2.34. The lowest BCUT2D eigenvalue weighted by Gasteiger charge is -2.34. The fourth-order valence-corrected chi connectivity index (χ4v) is 1.92. The molecule has 1 N–H and O–H groups in total. The molecule has 108 valence electrons. The molecule has 0 heterocycles. The van der Waals surface area contributed by atoms with Gasteiger partial charge in [0.15, 0.2) is 0 Å². The molecule has 0 saturated heterocycles. The second-order valence-electron chi connectivity index (χ2n) is 7.17. The zero-order valence-electron chi connectivity index (χ0n) is 13.2. The fourth-order valence-electron chi connectivity index (χ4n) is 1.92. The summed E-state index contributed by atoms with van der Waals surface area (Å²) in [5.74, 6) is 0.191. The minimum Gasteiger partial charge on any atom is -0.380 e. The normalized spacial score (nSPS) is 14.4. The molecule has 0 saturated carbocycles. The number of ether oxygens (including phenoxy) is 1. The number of rotatable bonds is 6. The van der Waals surface area contributed by atoms with Gasteiger partial charge in [0.2, 0.25) is 5.91 Å². The summed E-state index contributed by atoms with van der Waals surface area (Å²) >= 11 is 0. The summed E-state index contributed by atoms with van der Waals surface area (Å²) in [5.41, 5.74) is 0.151. The van der Waals surface area contributed by atoms with Crippen LogP contribution in [0.25, 0.3) is 0 Å². The first-order valence-electron chi connectivity index (χ1n) is 6.93. The Kier molecular flexibility index (Phi) is 6.90. The second-order valence-corrected chi connectivity index (χ2v) is 7.17. The maximum atomic E-state index is 12.3. The van der Waals surface area contributed by atoms with Crippen LogP contribution in [0.2, 0.25) is 0 Å². The van der Waals surface area contributed by atoms with Crippen LogP contribution in [0.4, 0.5) is 0 Å². The lowest BCUT2D eigenvalue weighted by atomic mass is 9.72. The number of hydrogen-bond acceptors (Lipinski definition) is 2. The van der Waals surface area contributed by atoms with E-state index in [2.05, 4.69) is 46.9 Å². The maximum Gasteiger partial charge on any atom is 0.223 e. The molecule has 0 bridgehead atoms. The summed E-state index contributed by atoms with van der Waals surface area (Å²) in [7, 11) is 0. The van der Waals surface area contributed by atoms with Crippen molar-refractivity contribution in [2.24, 2.45) is 16.7 Å². The molecule has 0 spiro atoms. The lowest BCUT2D eigenvalue weighted by Crippen LogP contribution is -2.41. The predicted molar refractivity (Wildman–Crippen MR) is 76.5 cm³/mol. The molecular weight excluding hydrogens is 226 g/mol. The lowest BCUT2D eigenvalue weighted by molar-refractivity contribution is -0.129. The highest BCUT2D eigenvalue weighted by molar-refractivity contribution is 5.79. The van der Waals surface area contributed by atoms with Gasteiger partial charge in [-0.2, -0.15) is 0 Å². The first-order valence-corrected chi connectivity index (χ1v) is 6.93. The Bertz CT molecular complexity index is 248. The summed E-state index contributed by atoms with van der Waals surface area (Å²) in [6.45, 7) is 16.8. The molecule has 0 aliphatic heterocycles. The third-order valence-electron chi connectivity index (χ3n) is 2.93. The Hall–Kier alpha value is -0.570. The largest absolute Gasteiger partial charge is 0.380 e. The monoisotopic (exact) mass is 257 g/mol. The SMILES string of the molecule is CCOCCNC(=O)[C@@H](CC(C)(C)C)C(C)(C)C. The van der Waals surface area contributed by atoms with Gasteiger partial charge in [0, 0.05) is 19.1 Å². The van der Waals surface area contributed by atoms with Crippen LogP contribution in [0.5, 0.6) is 0 Å². The summed E-state index contributed by atoms with van der Waals surface area (Å²) in [5, 5.41) is 2.98. The molecule has 0 aliphatic carbocycles. The minimum absolute atomic E-state index is 0.0109. The van der Waals surface area contributed by atoms with E-state index < -0.39 is 0 Å². The van der Waals surface area contributed by atoms with Crippen LogP contribution in [0.1, 0.15) is 54.9 Å². The van der Waals surface area contributed by atoms with Gasteiger partial charge >= 0.3 is 0 Å². The topological polar surface area (TPSA) is 38.3 Å². The molecule has 0 aliphatic rings. The van der Waals surface area contributed by atoms with Crippen molar-refractivity contribution in [3.8, 4) is 0 Å². The summed E-state index contributed by atoms with van der Waals surface area (Å²) in [6.07, 6.45) is 0.900. The van der Waals surface area contributed by atoms with Gasteiger partial charge in [0.05, 0.1) is 6.61 Å². The summed E-state index contributed by atoms with van der Waals surface area (Å²) in [4.78, 5) is 12.3. The smallest absolute Gasteiger partial charge is 0.223 e. The fraction of sp³-hybridized carbons (Fsp3) is 0.933. The van der Waals surface area contributed by atoms with Crippen molar-refractivity contribution in [1.82, 2.24) is 5.32 Å². The molecule has 3 nitrogen and oxygen atoms in total. The van der Waals surface area contributed by atoms with Gasteiger partial charge in [-0.1, -0.05) is 41.5 Å². The zero-order chi connectivity index (χ0) is 14.4. The molecule has 1 amide bonds. The van der Waals surface area contributed by atoms with Gasteiger partial charge in [-0.25, -0.2) is 0 Å². The Balaban J connectivity index is 4.43. The van der Waals surface area contributed by atoms with Crippen molar-refractivity contribution in [3.05, 3.63) is 0 Å². The van der Waals surface area contributed by atoms with E-state index in [4.69, 9.17) is 4.74 Å². The average molecular weight is 257 g/mol. The van der Waals surface area contributed by atoms with Gasteiger partial charge in [-0.3, -0.25) is 4.79 Å². The van der Waals surface area contributed by atoms with Crippen molar-refractivity contribution >= 4 is 5.91 Å². The molecule has 0 aromatic heterocycles. The van der Waals surface area contributed by atoms with E-state index in [0.29, 0.717) is 19.8 Å². The van der Waals surface area contributed by atoms with Gasteiger partial charge in [-0.15, -0.1) is 0 Å². The van der Waals surface area contributed by atoms with E-state index in [9.17, 15) is 4.79 Å². The highest BCUT2D eigenvalue weighted by atomic mass is 16.5. The van der Waals surface area contributed by atoms with Crippen molar-refractivity contribution in [2.45, 2.75) is 54.9 Å². The van der Waals surface area contributed by atoms with Crippen LogP contribution in [0, 0.1) is 16.7 Å². The Morgan fingerprint density at radius 2 is 1.72 bits per heavy atom. The molecule has 1 atom stereocenters. The van der Waals surface area contributed by atoms with Crippen LogP contribution in [-0.2, 0) is 9.53 Å². The van der Waals surface area contributed by atoms with E-state index in [-0.39, 0.29) is 22.7 Å². The van der Waals surface area contributed by atoms with Crippen molar-refractivity contribution in [3.63, 3.8) is 0 Å². The molecule has 0 aromatic carbocycles. The predicted octanol–water partition coefficient (Wildman–Crippen LogP) is 3.24. The van der Waals surface area contributed by atoms with Crippen LogP contribution in [0.3, 0.4) is 0 Å². The van der Waals surface area contributed by atoms with Crippen LogP contribution >= 0.6 is 0 Å². The van der Waals surface area contributed by atoms with Crippen molar-refractivity contribution < 1.29 is 9.53 Å². The van der Waals surface area contributed by atoms with Gasteiger partial charge in [0.1, 0.15) is 0 Å². The molecule has 0 radical (unpaired) electrons. The van der Waals surface area contributed by atoms with E-state index in [1.807, 2.05) is 6.92 Å². The average Bonchev–Trinajstić information content (AvgIpc) is 2.18. The molecule has 0 rings (SSSR count). The number of carbonyl (C=O) groups is 1. The molecule has 0 fully saturated rings. The Labute approximate surface area is 113 Å². The zero-order valence-corrected chi connectivity index (χ0v) is 13.2. The summed E-state index contributed by atoms with van der Waals surface area (Å²) in [6, 6.07) is 0. The Morgan fingerprint density at radius 1 is 1.17 bits per heavy atom. The number of carbonyl (C=O) groups excluding carboxylic acids is 1. The minimum atomic E-state index is -0.0109. The van der Waals surface area contributed by atoms with E-state index in [1.165, 1.54) is 0 Å². The van der Waals surface area contributed by atoms with Gasteiger partial charge in [0.25, 0.3) is 0 Å². The van der Waals surface area contributed by atoms with Crippen molar-refractivity contribution in [1.29, 1.82) is 0 Å². The van der Waals surface area contributed by atoms with Crippen LogP contribution in [-0.4, -0.2) is 25.7 Å². The number of amides is 1. The van der Waals surface area contributed by atoms with Gasteiger partial charge in [-0.05, 0) is 24.2 Å². The van der Waals surface area contributed by atoms with Crippen LogP contribution in [0.15, 0.2) is 0 Å². The standard InChI is InChI=1S/C15H31NO2/c1-8-18-10-9-16-13(17)12(15(5,6)7)11-14(2,3)4/h12H,8-11H2,1-7H3,(H,16,17)/t12-/m1/s1. The highest BCUT2D eigenvalue weighted by Crippen LogP contribution is 2.35. The van der Waals surface area contributed by atoms with Crippen molar-refractivity contribution in [2.75, 3.05) is 19.8 Å². The molecule has 0 aromatic rings. The molecule has 3 heteroatoms. The van der Waals surface area contributed by atoms with E-state index in [0.717, 1.165) is 6.42 Å². The summed E-state index contributed by atoms with van der Waals surface area (Å²) < 4.78 is 5.24. The quantitative estimate of drug-likeness (QED) is 0.742. The number of hydrogen-bond donors (Lipinski definition) is 1. The first-order chi connectivity index (χ1) is 8.08. The van der Waals surface area contributed by atoms with E-state index in [1.54, 1.807) is 0 Å². The molecular formula is C15H31NO2. The maximum absolute atomic E-state index is 12.3.